The molecule has 0 aliphatic rings. The molecule has 96 valence electrons. The Labute approximate surface area is 108 Å². The van der Waals surface area contributed by atoms with E-state index in [2.05, 4.69) is 41.8 Å². The summed E-state index contributed by atoms with van der Waals surface area (Å²) in [6, 6.07) is 10.3. The van der Waals surface area contributed by atoms with Crippen molar-refractivity contribution >= 4 is 5.91 Å². The van der Waals surface area contributed by atoms with Crippen LogP contribution in [-0.4, -0.2) is 19.0 Å². The molecule has 2 N–H and O–H groups in total. The van der Waals surface area contributed by atoms with Crippen molar-refractivity contribution in [3.05, 3.63) is 35.4 Å². The van der Waals surface area contributed by atoms with Gasteiger partial charge in [-0.05, 0) is 24.5 Å². The maximum Gasteiger partial charge on any atom is 0.234 e. The van der Waals surface area contributed by atoms with Crippen molar-refractivity contribution in [3.63, 3.8) is 0 Å². The zero-order chi connectivity index (χ0) is 13.4. The van der Waals surface area contributed by atoms with Gasteiger partial charge >= 0.3 is 0 Å². The van der Waals surface area contributed by atoms with Gasteiger partial charge in [0.1, 0.15) is 6.54 Å². The maximum absolute atomic E-state index is 11.3. The minimum atomic E-state index is -0.159. The molecular weight excluding hydrogens is 226 g/mol. The number of benzene rings is 1. The first kappa shape index (κ1) is 14.2. The SMILES string of the molecule is CCc1ccc(C(C)NCC(=O)NCC#N)cc1. The van der Waals surface area contributed by atoms with Crippen molar-refractivity contribution in [1.29, 1.82) is 5.26 Å². The van der Waals surface area contributed by atoms with Crippen LogP contribution >= 0.6 is 0 Å². The Balaban J connectivity index is 2.42. The summed E-state index contributed by atoms with van der Waals surface area (Å²) in [6.07, 6.45) is 1.03. The van der Waals surface area contributed by atoms with Crippen molar-refractivity contribution in [3.8, 4) is 6.07 Å². The summed E-state index contributed by atoms with van der Waals surface area (Å²) in [7, 11) is 0. The fraction of sp³-hybridized carbons (Fsp3) is 0.429. The van der Waals surface area contributed by atoms with Gasteiger partial charge in [0.15, 0.2) is 0 Å². The molecule has 0 heterocycles. The fourth-order valence-electron chi connectivity index (χ4n) is 1.61. The standard InChI is InChI=1S/C14H19N3O/c1-3-12-4-6-13(7-5-12)11(2)17-10-14(18)16-9-8-15/h4-7,11,17H,3,9-10H2,1-2H3,(H,16,18). The number of carbonyl (C=O) groups is 1. The van der Waals surface area contributed by atoms with E-state index in [1.165, 1.54) is 5.56 Å². The highest BCUT2D eigenvalue weighted by molar-refractivity contribution is 5.78. The van der Waals surface area contributed by atoms with Gasteiger partial charge in [-0.25, -0.2) is 0 Å². The van der Waals surface area contributed by atoms with Gasteiger partial charge in [-0.2, -0.15) is 5.26 Å². The molecule has 4 nitrogen and oxygen atoms in total. The van der Waals surface area contributed by atoms with Crippen molar-refractivity contribution in [1.82, 2.24) is 10.6 Å². The molecule has 0 saturated heterocycles. The van der Waals surface area contributed by atoms with Gasteiger partial charge in [0.25, 0.3) is 0 Å². The molecule has 1 atom stereocenters. The predicted molar refractivity (Wildman–Crippen MR) is 70.9 cm³/mol. The van der Waals surface area contributed by atoms with Crippen molar-refractivity contribution in [2.75, 3.05) is 13.1 Å². The average Bonchev–Trinajstić information content (AvgIpc) is 2.42. The van der Waals surface area contributed by atoms with E-state index >= 15 is 0 Å². The van der Waals surface area contributed by atoms with Gasteiger partial charge in [-0.3, -0.25) is 4.79 Å². The monoisotopic (exact) mass is 245 g/mol. The molecule has 0 aliphatic heterocycles. The number of nitrogens with zero attached hydrogens (tertiary/aromatic N) is 1. The van der Waals surface area contributed by atoms with Crippen LogP contribution in [-0.2, 0) is 11.2 Å². The number of nitriles is 1. The Morgan fingerprint density at radius 2 is 2.06 bits per heavy atom. The number of aryl methyl sites for hydroxylation is 1. The Morgan fingerprint density at radius 1 is 1.39 bits per heavy atom. The molecule has 0 spiro atoms. The molecule has 0 fully saturated rings. The third-order valence-corrected chi connectivity index (χ3v) is 2.82. The molecule has 1 rings (SSSR count). The molecule has 0 saturated carbocycles. The third-order valence-electron chi connectivity index (χ3n) is 2.82. The lowest BCUT2D eigenvalue weighted by molar-refractivity contribution is -0.120. The first-order chi connectivity index (χ1) is 8.67. The Morgan fingerprint density at radius 3 is 2.61 bits per heavy atom. The van der Waals surface area contributed by atoms with Crippen LogP contribution in [0.25, 0.3) is 0 Å². The minimum Gasteiger partial charge on any atom is -0.342 e. The smallest absolute Gasteiger partial charge is 0.234 e. The number of amides is 1. The molecule has 1 aromatic rings. The van der Waals surface area contributed by atoms with Gasteiger partial charge < -0.3 is 10.6 Å². The Bertz CT molecular complexity index is 420. The van der Waals surface area contributed by atoms with E-state index in [9.17, 15) is 4.79 Å². The molecule has 0 radical (unpaired) electrons. The van der Waals surface area contributed by atoms with Crippen LogP contribution in [0.4, 0.5) is 0 Å². The topological polar surface area (TPSA) is 64.9 Å². The number of hydrogen-bond donors (Lipinski definition) is 2. The molecule has 1 amide bonds. The molecule has 0 aliphatic carbocycles. The first-order valence-electron chi connectivity index (χ1n) is 6.13. The predicted octanol–water partition coefficient (Wildman–Crippen LogP) is 1.54. The van der Waals surface area contributed by atoms with Crippen molar-refractivity contribution in [2.24, 2.45) is 0 Å². The summed E-state index contributed by atoms with van der Waals surface area (Å²) in [5.74, 6) is -0.159. The Kier molecular flexibility index (Phi) is 5.89. The second-order valence-corrected chi connectivity index (χ2v) is 4.13. The van der Waals surface area contributed by atoms with Crippen LogP contribution in [0.2, 0.25) is 0 Å². The van der Waals surface area contributed by atoms with E-state index in [0.29, 0.717) is 0 Å². The van der Waals surface area contributed by atoms with Crippen LogP contribution in [0.3, 0.4) is 0 Å². The fourth-order valence-corrected chi connectivity index (χ4v) is 1.61. The molecule has 1 aromatic carbocycles. The summed E-state index contributed by atoms with van der Waals surface area (Å²) in [4.78, 5) is 11.3. The van der Waals surface area contributed by atoms with E-state index in [1.54, 1.807) is 0 Å². The second-order valence-electron chi connectivity index (χ2n) is 4.13. The second kappa shape index (κ2) is 7.46. The van der Waals surface area contributed by atoms with Gasteiger partial charge in [0, 0.05) is 6.04 Å². The van der Waals surface area contributed by atoms with Crippen molar-refractivity contribution < 1.29 is 4.79 Å². The normalized spacial score (nSPS) is 11.6. The van der Waals surface area contributed by atoms with Crippen LogP contribution in [0, 0.1) is 11.3 Å². The summed E-state index contributed by atoms with van der Waals surface area (Å²) in [5, 5.41) is 14.0. The van der Waals surface area contributed by atoms with E-state index in [4.69, 9.17) is 5.26 Å². The van der Waals surface area contributed by atoms with Crippen LogP contribution in [0.5, 0.6) is 0 Å². The molecule has 0 aromatic heterocycles. The summed E-state index contributed by atoms with van der Waals surface area (Å²) in [5.41, 5.74) is 2.46. The van der Waals surface area contributed by atoms with Crippen LogP contribution < -0.4 is 10.6 Å². The largest absolute Gasteiger partial charge is 0.342 e. The molecular formula is C14H19N3O. The zero-order valence-electron chi connectivity index (χ0n) is 10.9. The quantitative estimate of drug-likeness (QED) is 0.747. The molecule has 18 heavy (non-hydrogen) atoms. The van der Waals surface area contributed by atoms with Crippen LogP contribution in [0.15, 0.2) is 24.3 Å². The number of hydrogen-bond acceptors (Lipinski definition) is 3. The van der Waals surface area contributed by atoms with Gasteiger partial charge in [-0.1, -0.05) is 31.2 Å². The van der Waals surface area contributed by atoms with E-state index in [-0.39, 0.29) is 25.0 Å². The summed E-state index contributed by atoms with van der Waals surface area (Å²) >= 11 is 0. The Hall–Kier alpha value is -1.86. The van der Waals surface area contributed by atoms with Gasteiger partial charge in [0.05, 0.1) is 12.6 Å². The third kappa shape index (κ3) is 4.56. The van der Waals surface area contributed by atoms with Gasteiger partial charge in [0.2, 0.25) is 5.91 Å². The number of nitrogens with one attached hydrogen (secondary N) is 2. The van der Waals surface area contributed by atoms with Gasteiger partial charge in [-0.15, -0.1) is 0 Å². The van der Waals surface area contributed by atoms with E-state index < -0.39 is 0 Å². The number of rotatable bonds is 6. The highest BCUT2D eigenvalue weighted by atomic mass is 16.1. The van der Waals surface area contributed by atoms with Crippen molar-refractivity contribution in [2.45, 2.75) is 26.3 Å². The molecule has 4 heteroatoms. The lowest BCUT2D eigenvalue weighted by atomic mass is 10.1. The zero-order valence-corrected chi connectivity index (χ0v) is 10.9. The first-order valence-corrected chi connectivity index (χ1v) is 6.13. The van der Waals surface area contributed by atoms with Crippen LogP contribution in [0.1, 0.15) is 31.0 Å². The maximum atomic E-state index is 11.3. The number of carbonyl (C=O) groups excluding carboxylic acids is 1. The minimum absolute atomic E-state index is 0.0556. The average molecular weight is 245 g/mol. The lowest BCUT2D eigenvalue weighted by Gasteiger charge is -2.14. The van der Waals surface area contributed by atoms with E-state index in [1.807, 2.05) is 13.0 Å². The molecule has 1 unspecified atom stereocenters. The van der Waals surface area contributed by atoms with E-state index in [0.717, 1.165) is 12.0 Å². The highest BCUT2D eigenvalue weighted by Crippen LogP contribution is 2.13. The molecule has 0 bridgehead atoms. The summed E-state index contributed by atoms with van der Waals surface area (Å²) < 4.78 is 0. The summed E-state index contributed by atoms with van der Waals surface area (Å²) in [6.45, 7) is 4.41. The lowest BCUT2D eigenvalue weighted by Crippen LogP contribution is -2.35. The highest BCUT2D eigenvalue weighted by Gasteiger charge is 2.07.